The molecule has 48 heavy (non-hydrogen) atoms. The number of aromatic nitrogens is 3. The lowest BCUT2D eigenvalue weighted by molar-refractivity contribution is -0.138. The third-order valence-electron chi connectivity index (χ3n) is 8.67. The van der Waals surface area contributed by atoms with Crippen LogP contribution in [0, 0.1) is 11.3 Å². The molecular weight excluding hydrogens is 626 g/mol. The molecule has 10 heteroatoms. The molecule has 8 aromatic rings. The normalized spacial score (nSPS) is 12.4. The van der Waals surface area contributed by atoms with Crippen molar-refractivity contribution >= 4 is 43.6 Å². The number of para-hydroxylation sites is 2. The zero-order valence-electron chi connectivity index (χ0n) is 24.6. The Morgan fingerprint density at radius 1 is 0.542 bits per heavy atom. The van der Waals surface area contributed by atoms with Crippen molar-refractivity contribution in [2.45, 2.75) is 12.4 Å². The Hall–Kier alpha value is -6.08. The molecule has 4 nitrogen and oxygen atoms in total. The molecule has 0 aliphatic carbocycles. The van der Waals surface area contributed by atoms with Gasteiger partial charge in [-0.1, -0.05) is 60.7 Å². The smallest absolute Gasteiger partial charge is 0.307 e. The minimum absolute atomic E-state index is 0.295. The third-order valence-corrected chi connectivity index (χ3v) is 8.67. The number of pyridine rings is 1. The summed E-state index contributed by atoms with van der Waals surface area (Å²) in [6.45, 7) is 0. The van der Waals surface area contributed by atoms with E-state index in [1.807, 2.05) is 24.3 Å². The van der Waals surface area contributed by atoms with Gasteiger partial charge in [0.05, 0.1) is 56.7 Å². The van der Waals surface area contributed by atoms with Crippen LogP contribution in [0.5, 0.6) is 0 Å². The van der Waals surface area contributed by atoms with E-state index < -0.39 is 23.5 Å². The van der Waals surface area contributed by atoms with Gasteiger partial charge in [0.1, 0.15) is 5.82 Å². The highest BCUT2D eigenvalue weighted by molar-refractivity contribution is 6.11. The van der Waals surface area contributed by atoms with E-state index in [-0.39, 0.29) is 0 Å². The number of benzene rings is 5. The highest BCUT2D eigenvalue weighted by Crippen LogP contribution is 2.41. The largest absolute Gasteiger partial charge is 0.416 e. The molecule has 0 radical (unpaired) electrons. The quantitative estimate of drug-likeness (QED) is 0.179. The zero-order chi connectivity index (χ0) is 33.4. The topological polar surface area (TPSA) is 46.5 Å². The van der Waals surface area contributed by atoms with Gasteiger partial charge in [-0.15, -0.1) is 0 Å². The standard InChI is InChI=1S/C38H20F6N4/c39-37(40,41)24-13-15-28-26-5-1-3-7-31(26)47(33(28)17-24)35-21-46-36(19-30(35)23-11-9-22(20-45)10-12-23)48-32-8-4-2-6-27(32)29-16-14-25(18-34(29)48)38(42,43)44/h1-19,21H. The van der Waals surface area contributed by atoms with Gasteiger partial charge in [0.2, 0.25) is 0 Å². The first-order valence-electron chi connectivity index (χ1n) is 14.7. The van der Waals surface area contributed by atoms with Crippen LogP contribution in [0.3, 0.4) is 0 Å². The molecule has 0 spiro atoms. The molecule has 0 saturated heterocycles. The monoisotopic (exact) mass is 646 g/mol. The van der Waals surface area contributed by atoms with Crippen molar-refractivity contribution < 1.29 is 26.3 Å². The summed E-state index contributed by atoms with van der Waals surface area (Å²) in [5, 5.41) is 12.1. The summed E-state index contributed by atoms with van der Waals surface area (Å²) in [4.78, 5) is 4.76. The molecule has 234 valence electrons. The van der Waals surface area contributed by atoms with Crippen LogP contribution in [0.4, 0.5) is 26.3 Å². The first-order valence-corrected chi connectivity index (χ1v) is 14.7. The van der Waals surface area contributed by atoms with E-state index >= 15 is 0 Å². The Morgan fingerprint density at radius 2 is 1.04 bits per heavy atom. The number of nitriles is 1. The van der Waals surface area contributed by atoms with Gasteiger partial charge in [-0.25, -0.2) is 4.98 Å². The van der Waals surface area contributed by atoms with Gasteiger partial charge in [0.15, 0.2) is 0 Å². The van der Waals surface area contributed by atoms with Gasteiger partial charge in [-0.05, 0) is 60.2 Å². The van der Waals surface area contributed by atoms with Crippen LogP contribution in [0.25, 0.3) is 66.2 Å². The highest BCUT2D eigenvalue weighted by atomic mass is 19.4. The molecule has 5 aromatic carbocycles. The average Bonchev–Trinajstić information content (AvgIpc) is 3.59. The molecule has 3 aromatic heterocycles. The molecule has 0 fully saturated rings. The fourth-order valence-electron chi connectivity index (χ4n) is 6.49. The molecule has 0 saturated carbocycles. The van der Waals surface area contributed by atoms with Crippen molar-refractivity contribution in [3.63, 3.8) is 0 Å². The molecular formula is C38H20F6N4. The maximum absolute atomic E-state index is 14.0. The number of fused-ring (bicyclic) bond motifs is 6. The summed E-state index contributed by atoms with van der Waals surface area (Å²) < 4.78 is 87.0. The van der Waals surface area contributed by atoms with Crippen LogP contribution in [0.2, 0.25) is 0 Å². The average molecular weight is 647 g/mol. The van der Waals surface area contributed by atoms with Crippen molar-refractivity contribution in [2.24, 2.45) is 0 Å². The molecule has 0 N–H and O–H groups in total. The molecule has 0 aliphatic rings. The minimum Gasteiger partial charge on any atom is -0.307 e. The lowest BCUT2D eigenvalue weighted by Crippen LogP contribution is -2.07. The summed E-state index contributed by atoms with van der Waals surface area (Å²) >= 11 is 0. The van der Waals surface area contributed by atoms with E-state index in [0.717, 1.165) is 35.0 Å². The molecule has 0 bridgehead atoms. The summed E-state index contributed by atoms with van der Waals surface area (Å²) in [6, 6.07) is 32.2. The number of alkyl halides is 6. The Labute approximate surface area is 268 Å². The fourth-order valence-corrected chi connectivity index (χ4v) is 6.49. The second-order valence-electron chi connectivity index (χ2n) is 11.4. The van der Waals surface area contributed by atoms with Crippen LogP contribution in [-0.2, 0) is 12.4 Å². The van der Waals surface area contributed by atoms with E-state index in [4.69, 9.17) is 4.98 Å². The molecule has 3 heterocycles. The van der Waals surface area contributed by atoms with E-state index in [1.54, 1.807) is 63.7 Å². The summed E-state index contributed by atoms with van der Waals surface area (Å²) in [7, 11) is 0. The van der Waals surface area contributed by atoms with Crippen molar-refractivity contribution in [2.75, 3.05) is 0 Å². The minimum atomic E-state index is -4.58. The molecule has 0 amide bonds. The van der Waals surface area contributed by atoms with Crippen molar-refractivity contribution in [1.82, 2.24) is 14.1 Å². The van der Waals surface area contributed by atoms with E-state index in [0.29, 0.717) is 61.0 Å². The van der Waals surface area contributed by atoms with Gasteiger partial charge >= 0.3 is 12.4 Å². The van der Waals surface area contributed by atoms with Crippen molar-refractivity contribution in [1.29, 1.82) is 5.26 Å². The van der Waals surface area contributed by atoms with E-state index in [2.05, 4.69) is 6.07 Å². The highest BCUT2D eigenvalue weighted by Gasteiger charge is 2.32. The number of halogens is 6. The fraction of sp³-hybridized carbons (Fsp3) is 0.0526. The first kappa shape index (κ1) is 29.3. The number of hydrogen-bond donors (Lipinski definition) is 0. The maximum atomic E-state index is 14.0. The predicted molar refractivity (Wildman–Crippen MR) is 173 cm³/mol. The summed E-state index contributed by atoms with van der Waals surface area (Å²) in [5.41, 5.74) is 2.28. The van der Waals surface area contributed by atoms with Gasteiger partial charge in [0.25, 0.3) is 0 Å². The van der Waals surface area contributed by atoms with E-state index in [9.17, 15) is 31.6 Å². The number of nitrogens with zero attached hydrogens (tertiary/aromatic N) is 4. The zero-order valence-corrected chi connectivity index (χ0v) is 24.6. The molecule has 0 unspecified atom stereocenters. The molecule has 8 rings (SSSR count). The van der Waals surface area contributed by atoms with Crippen molar-refractivity contribution in [3.05, 3.63) is 138 Å². The number of rotatable bonds is 3. The van der Waals surface area contributed by atoms with Crippen LogP contribution in [0.15, 0.2) is 121 Å². The van der Waals surface area contributed by atoms with Crippen LogP contribution in [0.1, 0.15) is 16.7 Å². The second-order valence-corrected chi connectivity index (χ2v) is 11.4. The lowest BCUT2D eigenvalue weighted by atomic mass is 10.0. The lowest BCUT2D eigenvalue weighted by Gasteiger charge is -2.17. The maximum Gasteiger partial charge on any atom is 0.416 e. The summed E-state index contributed by atoms with van der Waals surface area (Å²) in [5.74, 6) is 0.306. The van der Waals surface area contributed by atoms with Gasteiger partial charge < -0.3 is 4.57 Å². The van der Waals surface area contributed by atoms with Crippen LogP contribution < -0.4 is 0 Å². The molecule has 0 atom stereocenters. The number of hydrogen-bond acceptors (Lipinski definition) is 2. The third kappa shape index (κ3) is 4.58. The van der Waals surface area contributed by atoms with Gasteiger partial charge in [0, 0.05) is 27.1 Å². The van der Waals surface area contributed by atoms with Gasteiger partial charge in [-0.3, -0.25) is 4.57 Å². The predicted octanol–water partition coefficient (Wildman–Crippen LogP) is 10.9. The van der Waals surface area contributed by atoms with E-state index in [1.165, 1.54) is 18.3 Å². The van der Waals surface area contributed by atoms with Crippen LogP contribution >= 0.6 is 0 Å². The van der Waals surface area contributed by atoms with Crippen molar-refractivity contribution in [3.8, 4) is 28.7 Å². The Morgan fingerprint density at radius 3 is 1.58 bits per heavy atom. The summed E-state index contributed by atoms with van der Waals surface area (Å²) in [6.07, 6.45) is -7.63. The second kappa shape index (κ2) is 10.5. The SMILES string of the molecule is N#Cc1ccc(-c2cc(-n3c4ccccc4c4ccc(C(F)(F)F)cc43)ncc2-n2c3ccccc3c3ccc(C(F)(F)F)cc32)cc1. The Balaban J connectivity index is 1.47. The first-order chi connectivity index (χ1) is 23.0. The molecule has 0 aliphatic heterocycles. The van der Waals surface area contributed by atoms with Crippen LogP contribution in [-0.4, -0.2) is 14.1 Å². The van der Waals surface area contributed by atoms with Gasteiger partial charge in [-0.2, -0.15) is 31.6 Å². The Kier molecular flexibility index (Phi) is 6.40. The Bertz CT molecular complexity index is 2600.